The summed E-state index contributed by atoms with van der Waals surface area (Å²) in [4.78, 5) is 10.1. The van der Waals surface area contributed by atoms with Crippen molar-refractivity contribution in [1.29, 1.82) is 0 Å². The van der Waals surface area contributed by atoms with E-state index in [-0.39, 0.29) is 6.04 Å². The highest BCUT2D eigenvalue weighted by Gasteiger charge is 2.20. The molecule has 13 heavy (non-hydrogen) atoms. The topological polar surface area (TPSA) is 101 Å². The lowest BCUT2D eigenvalue weighted by Crippen LogP contribution is -2.29. The fourth-order valence-electron chi connectivity index (χ4n) is 1.01. The molecule has 1 aliphatic rings. The second-order valence-corrected chi connectivity index (χ2v) is 2.92. The standard InChI is InChI=1S/C5H9NO2.C3H10N2/c7-5(8)4-2-1-3-6-4;4-2-1-3-5/h4,6H,1-3H2,(H,7,8);1-5H2. The molecule has 1 atom stereocenters. The summed E-state index contributed by atoms with van der Waals surface area (Å²) < 4.78 is 0. The molecule has 1 heterocycles. The normalized spacial score (nSPS) is 20.6. The van der Waals surface area contributed by atoms with Crippen LogP contribution in [0.2, 0.25) is 0 Å². The van der Waals surface area contributed by atoms with E-state index in [1.807, 2.05) is 0 Å². The number of aliphatic carboxylic acids is 1. The van der Waals surface area contributed by atoms with Crippen molar-refractivity contribution < 1.29 is 9.90 Å². The molecule has 1 fully saturated rings. The lowest BCUT2D eigenvalue weighted by Gasteiger charge is -1.99. The minimum Gasteiger partial charge on any atom is -0.480 e. The van der Waals surface area contributed by atoms with Gasteiger partial charge < -0.3 is 21.9 Å². The van der Waals surface area contributed by atoms with Crippen LogP contribution in [0.1, 0.15) is 19.3 Å². The van der Waals surface area contributed by atoms with Crippen LogP contribution in [-0.2, 0) is 4.79 Å². The van der Waals surface area contributed by atoms with Gasteiger partial charge in [-0.25, -0.2) is 0 Å². The lowest BCUT2D eigenvalue weighted by atomic mass is 10.2. The third-order valence-corrected chi connectivity index (χ3v) is 1.77. The molecule has 1 rings (SSSR count). The van der Waals surface area contributed by atoms with Crippen LogP contribution in [0.15, 0.2) is 0 Å². The predicted molar refractivity (Wildman–Crippen MR) is 51.4 cm³/mol. The van der Waals surface area contributed by atoms with E-state index in [1.165, 1.54) is 0 Å². The Morgan fingerprint density at radius 1 is 1.46 bits per heavy atom. The van der Waals surface area contributed by atoms with Crippen molar-refractivity contribution in [2.75, 3.05) is 19.6 Å². The third kappa shape index (κ3) is 6.51. The van der Waals surface area contributed by atoms with Gasteiger partial charge in [0.15, 0.2) is 0 Å². The molecular formula is C8H19N3O2. The molecule has 1 aliphatic heterocycles. The minimum absolute atomic E-state index is 0.269. The Kier molecular flexibility index (Phi) is 7.57. The van der Waals surface area contributed by atoms with Gasteiger partial charge in [0.1, 0.15) is 6.04 Å². The number of nitrogens with one attached hydrogen (secondary N) is 1. The monoisotopic (exact) mass is 189 g/mol. The van der Waals surface area contributed by atoms with E-state index in [0.29, 0.717) is 0 Å². The zero-order valence-corrected chi connectivity index (χ0v) is 7.83. The summed E-state index contributed by atoms with van der Waals surface area (Å²) in [5.41, 5.74) is 10.1. The molecule has 6 N–H and O–H groups in total. The van der Waals surface area contributed by atoms with Crippen LogP contribution in [0.3, 0.4) is 0 Å². The maximum Gasteiger partial charge on any atom is 0.320 e. The first-order valence-electron chi connectivity index (χ1n) is 4.58. The Morgan fingerprint density at radius 2 is 2.08 bits per heavy atom. The van der Waals surface area contributed by atoms with E-state index in [9.17, 15) is 4.79 Å². The molecule has 0 spiro atoms. The van der Waals surface area contributed by atoms with E-state index in [1.54, 1.807) is 0 Å². The van der Waals surface area contributed by atoms with Gasteiger partial charge >= 0.3 is 5.97 Å². The largest absolute Gasteiger partial charge is 0.480 e. The van der Waals surface area contributed by atoms with Crippen molar-refractivity contribution in [3.8, 4) is 0 Å². The maximum atomic E-state index is 10.1. The van der Waals surface area contributed by atoms with Gasteiger partial charge in [0.25, 0.3) is 0 Å². The molecular weight excluding hydrogens is 170 g/mol. The molecule has 0 aromatic carbocycles. The van der Waals surface area contributed by atoms with Crippen LogP contribution in [0, 0.1) is 0 Å². The van der Waals surface area contributed by atoms with E-state index in [2.05, 4.69) is 5.32 Å². The molecule has 1 saturated heterocycles. The number of nitrogens with two attached hydrogens (primary N) is 2. The van der Waals surface area contributed by atoms with Crippen LogP contribution >= 0.6 is 0 Å². The Morgan fingerprint density at radius 3 is 2.23 bits per heavy atom. The first-order chi connectivity index (χ1) is 6.22. The van der Waals surface area contributed by atoms with Crippen LogP contribution < -0.4 is 16.8 Å². The van der Waals surface area contributed by atoms with Crippen molar-refractivity contribution in [2.45, 2.75) is 25.3 Å². The SMILES string of the molecule is NCCCN.O=C(O)C1CCCN1. The number of rotatable bonds is 3. The van der Waals surface area contributed by atoms with E-state index in [4.69, 9.17) is 16.6 Å². The van der Waals surface area contributed by atoms with E-state index >= 15 is 0 Å². The second-order valence-electron chi connectivity index (χ2n) is 2.92. The van der Waals surface area contributed by atoms with Crippen molar-refractivity contribution in [3.63, 3.8) is 0 Å². The zero-order chi connectivity index (χ0) is 10.1. The molecule has 0 aromatic rings. The fourth-order valence-corrected chi connectivity index (χ4v) is 1.01. The molecule has 78 valence electrons. The molecule has 0 amide bonds. The van der Waals surface area contributed by atoms with Crippen LogP contribution in [0.4, 0.5) is 0 Å². The molecule has 0 radical (unpaired) electrons. The Bertz CT molecular complexity index is 133. The van der Waals surface area contributed by atoms with Gasteiger partial charge in [0.2, 0.25) is 0 Å². The molecule has 5 nitrogen and oxygen atoms in total. The smallest absolute Gasteiger partial charge is 0.320 e. The average molecular weight is 189 g/mol. The molecule has 1 unspecified atom stereocenters. The highest BCUT2D eigenvalue weighted by molar-refractivity contribution is 5.73. The summed E-state index contributed by atoms with van der Waals surface area (Å²) in [6.45, 7) is 2.30. The summed E-state index contributed by atoms with van der Waals surface area (Å²) >= 11 is 0. The predicted octanol–water partition coefficient (Wildman–Crippen LogP) is -0.883. The minimum atomic E-state index is -0.720. The quantitative estimate of drug-likeness (QED) is 0.461. The van der Waals surface area contributed by atoms with Crippen LogP contribution in [-0.4, -0.2) is 36.8 Å². The summed E-state index contributed by atoms with van der Waals surface area (Å²) in [7, 11) is 0. The first-order valence-corrected chi connectivity index (χ1v) is 4.58. The zero-order valence-electron chi connectivity index (χ0n) is 7.83. The highest BCUT2D eigenvalue weighted by atomic mass is 16.4. The Labute approximate surface area is 78.5 Å². The number of carboxylic acid groups (broad SMARTS) is 1. The molecule has 0 saturated carbocycles. The summed E-state index contributed by atoms with van der Waals surface area (Å²) in [6.07, 6.45) is 2.73. The molecule has 0 bridgehead atoms. The Balaban J connectivity index is 0.000000252. The van der Waals surface area contributed by atoms with Crippen LogP contribution in [0.25, 0.3) is 0 Å². The molecule has 5 heteroatoms. The number of hydrogen-bond donors (Lipinski definition) is 4. The summed E-state index contributed by atoms with van der Waals surface area (Å²) in [5, 5.41) is 11.2. The van der Waals surface area contributed by atoms with Crippen molar-refractivity contribution in [1.82, 2.24) is 5.32 Å². The first kappa shape index (κ1) is 12.3. The fraction of sp³-hybridized carbons (Fsp3) is 0.875. The van der Waals surface area contributed by atoms with Crippen molar-refractivity contribution in [2.24, 2.45) is 11.5 Å². The van der Waals surface area contributed by atoms with Gasteiger partial charge in [-0.3, -0.25) is 4.79 Å². The average Bonchev–Trinajstić information content (AvgIpc) is 2.58. The number of carbonyl (C=O) groups is 1. The van der Waals surface area contributed by atoms with Gasteiger partial charge in [-0.05, 0) is 38.9 Å². The van der Waals surface area contributed by atoms with Crippen LogP contribution in [0.5, 0.6) is 0 Å². The van der Waals surface area contributed by atoms with Gasteiger partial charge in [-0.1, -0.05) is 0 Å². The summed E-state index contributed by atoms with van der Waals surface area (Å²) in [6, 6.07) is -0.269. The van der Waals surface area contributed by atoms with E-state index < -0.39 is 5.97 Å². The van der Waals surface area contributed by atoms with Crippen molar-refractivity contribution >= 4 is 5.97 Å². The maximum absolute atomic E-state index is 10.1. The third-order valence-electron chi connectivity index (χ3n) is 1.77. The summed E-state index contributed by atoms with van der Waals surface area (Å²) in [5.74, 6) is -0.720. The second kappa shape index (κ2) is 7.97. The van der Waals surface area contributed by atoms with Gasteiger partial charge in [0.05, 0.1) is 0 Å². The van der Waals surface area contributed by atoms with Gasteiger partial charge in [-0.15, -0.1) is 0 Å². The van der Waals surface area contributed by atoms with Gasteiger partial charge in [-0.2, -0.15) is 0 Å². The van der Waals surface area contributed by atoms with E-state index in [0.717, 1.165) is 38.9 Å². The van der Waals surface area contributed by atoms with Crippen molar-refractivity contribution in [3.05, 3.63) is 0 Å². The van der Waals surface area contributed by atoms with Gasteiger partial charge in [0, 0.05) is 0 Å². The molecule has 0 aromatic heterocycles. The number of carboxylic acids is 1. The highest BCUT2D eigenvalue weighted by Crippen LogP contribution is 2.03. The lowest BCUT2D eigenvalue weighted by molar-refractivity contribution is -0.139. The molecule has 0 aliphatic carbocycles. The Hall–Kier alpha value is -0.650. The number of hydrogen-bond acceptors (Lipinski definition) is 4.